The van der Waals surface area contributed by atoms with E-state index in [0.29, 0.717) is 34.4 Å². The summed E-state index contributed by atoms with van der Waals surface area (Å²) in [6, 6.07) is 6.67. The second-order valence-corrected chi connectivity index (χ2v) is 10.2. The van der Waals surface area contributed by atoms with Crippen LogP contribution in [0.5, 0.6) is 0 Å². The highest BCUT2D eigenvalue weighted by molar-refractivity contribution is 7.92. The molecule has 2 fully saturated rings. The molecule has 28 heavy (non-hydrogen) atoms. The molecule has 8 heteroatoms. The maximum atomic E-state index is 12.9. The van der Waals surface area contributed by atoms with E-state index in [1.807, 2.05) is 6.08 Å². The molecule has 0 radical (unpaired) electrons. The predicted octanol–water partition coefficient (Wildman–Crippen LogP) is 3.53. The van der Waals surface area contributed by atoms with Crippen LogP contribution in [-0.4, -0.2) is 37.8 Å². The molecule has 1 aliphatic heterocycles. The fourth-order valence-corrected chi connectivity index (χ4v) is 5.45. The Morgan fingerprint density at radius 2 is 1.86 bits per heavy atom. The van der Waals surface area contributed by atoms with Gasteiger partial charge >= 0.3 is 0 Å². The highest BCUT2D eigenvalue weighted by Gasteiger charge is 2.36. The van der Waals surface area contributed by atoms with Crippen LogP contribution in [-0.2, 0) is 19.4 Å². The Morgan fingerprint density at radius 1 is 1.14 bits per heavy atom. The van der Waals surface area contributed by atoms with Crippen molar-refractivity contribution in [2.45, 2.75) is 35.8 Å². The molecule has 2 heterocycles. The first-order chi connectivity index (χ1) is 13.5. The summed E-state index contributed by atoms with van der Waals surface area (Å²) in [7, 11) is -3.24. The maximum absolute atomic E-state index is 12.9. The van der Waals surface area contributed by atoms with E-state index in [1.54, 1.807) is 35.8 Å². The van der Waals surface area contributed by atoms with Crippen LogP contribution in [0.15, 0.2) is 46.8 Å². The van der Waals surface area contributed by atoms with Crippen molar-refractivity contribution in [1.82, 2.24) is 4.98 Å². The highest BCUT2D eigenvalue weighted by Crippen LogP contribution is 2.34. The van der Waals surface area contributed by atoms with Gasteiger partial charge in [-0.05, 0) is 49.3 Å². The lowest BCUT2D eigenvalue weighted by Crippen LogP contribution is -2.18. The van der Waals surface area contributed by atoms with Gasteiger partial charge in [0.2, 0.25) is 0 Å². The minimum atomic E-state index is -3.24. The van der Waals surface area contributed by atoms with E-state index in [-0.39, 0.29) is 17.1 Å². The van der Waals surface area contributed by atoms with Crippen molar-refractivity contribution in [3.05, 3.63) is 47.5 Å². The molecular formula is C20H22N2O4S2. The summed E-state index contributed by atoms with van der Waals surface area (Å²) in [5.41, 5.74) is 1.24. The van der Waals surface area contributed by atoms with E-state index < -0.39 is 9.84 Å². The van der Waals surface area contributed by atoms with Crippen molar-refractivity contribution in [3.63, 3.8) is 0 Å². The van der Waals surface area contributed by atoms with Crippen LogP contribution in [0.2, 0.25) is 0 Å². The van der Waals surface area contributed by atoms with Crippen LogP contribution in [0.1, 0.15) is 31.2 Å². The molecule has 1 aliphatic carbocycles. The van der Waals surface area contributed by atoms with Gasteiger partial charge in [-0.1, -0.05) is 18.2 Å². The van der Waals surface area contributed by atoms with Gasteiger partial charge in [-0.2, -0.15) is 0 Å². The lowest BCUT2D eigenvalue weighted by Gasteiger charge is -2.20. The molecule has 4 rings (SSSR count). The number of amides is 1. The van der Waals surface area contributed by atoms with Crippen molar-refractivity contribution in [1.29, 1.82) is 0 Å². The number of carbonyl (C=O) groups is 1. The Bertz CT molecular complexity index is 956. The molecule has 6 nitrogen and oxygen atoms in total. The molecule has 0 spiro atoms. The maximum Gasteiger partial charge on any atom is 0.257 e. The molecule has 1 saturated heterocycles. The van der Waals surface area contributed by atoms with Crippen LogP contribution in [0.4, 0.5) is 5.13 Å². The number of allylic oxidation sites excluding steroid dienone is 1. The van der Waals surface area contributed by atoms with E-state index in [2.05, 4.69) is 10.3 Å². The lowest BCUT2D eigenvalue weighted by atomic mass is 9.94. The number of sulfone groups is 1. The second kappa shape index (κ2) is 8.14. The van der Waals surface area contributed by atoms with Crippen molar-refractivity contribution < 1.29 is 17.9 Å². The Morgan fingerprint density at radius 3 is 2.46 bits per heavy atom. The molecule has 0 bridgehead atoms. The summed E-state index contributed by atoms with van der Waals surface area (Å²) in [5, 5.41) is 4.93. The van der Waals surface area contributed by atoms with E-state index >= 15 is 0 Å². The van der Waals surface area contributed by atoms with Gasteiger partial charge in [-0.3, -0.25) is 10.1 Å². The summed E-state index contributed by atoms with van der Waals surface area (Å²) in [6.07, 6.45) is 6.81. The first-order valence-corrected chi connectivity index (χ1v) is 11.8. The minimum Gasteiger partial charge on any atom is -0.381 e. The molecule has 148 valence electrons. The largest absolute Gasteiger partial charge is 0.381 e. The third-order valence-electron chi connectivity index (χ3n) is 5.02. The minimum absolute atomic E-state index is 0.237. The topological polar surface area (TPSA) is 85.4 Å². The van der Waals surface area contributed by atoms with Gasteiger partial charge in [0.25, 0.3) is 5.91 Å². The van der Waals surface area contributed by atoms with Crippen molar-refractivity contribution >= 4 is 37.8 Å². The fourth-order valence-electron chi connectivity index (χ4n) is 3.27. The normalized spacial score (nSPS) is 18.8. The van der Waals surface area contributed by atoms with Gasteiger partial charge in [0.15, 0.2) is 15.0 Å². The first kappa shape index (κ1) is 19.3. The summed E-state index contributed by atoms with van der Waals surface area (Å²) < 4.78 is 30.3. The van der Waals surface area contributed by atoms with Crippen molar-refractivity contribution in [3.8, 4) is 0 Å². The monoisotopic (exact) mass is 418 g/mol. The molecule has 1 aromatic carbocycles. The number of rotatable bonds is 6. The first-order valence-electron chi connectivity index (χ1n) is 9.39. The molecule has 1 saturated carbocycles. The Labute approximate surface area is 168 Å². The smallest absolute Gasteiger partial charge is 0.257 e. The molecule has 0 unspecified atom stereocenters. The summed E-state index contributed by atoms with van der Waals surface area (Å²) in [5.74, 6) is 0.0138. The number of carbonyl (C=O) groups excluding carboxylic acids is 1. The average molecular weight is 419 g/mol. The molecule has 1 amide bonds. The zero-order chi connectivity index (χ0) is 19.6. The number of benzene rings is 1. The standard InChI is InChI=1S/C20H22N2O4S2/c23-19(22-20-21-9-12-27-20)18(13-14-7-10-26-11-8-14)15-1-3-16(4-2-15)28(24,25)17-5-6-17/h1-4,9,12-14,17H,5-8,10-11H2,(H,21,22,23). The van der Waals surface area contributed by atoms with Gasteiger partial charge < -0.3 is 4.74 Å². The van der Waals surface area contributed by atoms with E-state index in [0.717, 1.165) is 25.7 Å². The summed E-state index contributed by atoms with van der Waals surface area (Å²) in [4.78, 5) is 17.4. The summed E-state index contributed by atoms with van der Waals surface area (Å²) >= 11 is 1.36. The summed E-state index contributed by atoms with van der Waals surface area (Å²) in [6.45, 7) is 1.36. The molecular weight excluding hydrogens is 396 g/mol. The van der Waals surface area contributed by atoms with Gasteiger partial charge in [0.1, 0.15) is 0 Å². The van der Waals surface area contributed by atoms with Crippen LogP contribution in [0, 0.1) is 5.92 Å². The average Bonchev–Trinajstić information content (AvgIpc) is 3.46. The van der Waals surface area contributed by atoms with Gasteiger partial charge in [-0.25, -0.2) is 13.4 Å². The van der Waals surface area contributed by atoms with Crippen LogP contribution < -0.4 is 5.32 Å². The second-order valence-electron chi connectivity index (χ2n) is 7.09. The number of nitrogens with zero attached hydrogens (tertiary/aromatic N) is 1. The quantitative estimate of drug-likeness (QED) is 0.726. The number of anilines is 1. The fraction of sp³-hybridized carbons (Fsp3) is 0.400. The van der Waals surface area contributed by atoms with Gasteiger partial charge in [0, 0.05) is 30.4 Å². The highest BCUT2D eigenvalue weighted by atomic mass is 32.2. The Balaban J connectivity index is 1.62. The number of ether oxygens (including phenoxy) is 1. The Hall–Kier alpha value is -2.03. The van der Waals surface area contributed by atoms with E-state index in [1.165, 1.54) is 11.3 Å². The zero-order valence-electron chi connectivity index (χ0n) is 15.3. The van der Waals surface area contributed by atoms with E-state index in [9.17, 15) is 13.2 Å². The van der Waals surface area contributed by atoms with Gasteiger partial charge in [-0.15, -0.1) is 11.3 Å². The molecule has 2 aliphatic rings. The van der Waals surface area contributed by atoms with E-state index in [4.69, 9.17) is 4.74 Å². The number of hydrogen-bond donors (Lipinski definition) is 1. The van der Waals surface area contributed by atoms with Crippen LogP contribution in [0.3, 0.4) is 0 Å². The predicted molar refractivity (Wildman–Crippen MR) is 109 cm³/mol. The van der Waals surface area contributed by atoms with Crippen molar-refractivity contribution in [2.75, 3.05) is 18.5 Å². The molecule has 1 N–H and O–H groups in total. The number of nitrogens with one attached hydrogen (secondary N) is 1. The molecule has 1 aromatic heterocycles. The zero-order valence-corrected chi connectivity index (χ0v) is 17.0. The molecule has 2 aromatic rings. The van der Waals surface area contributed by atoms with Crippen molar-refractivity contribution in [2.24, 2.45) is 5.92 Å². The SMILES string of the molecule is O=C(Nc1nccs1)C(=CC1CCOCC1)c1ccc(S(=O)(=O)C2CC2)cc1. The lowest BCUT2D eigenvalue weighted by molar-refractivity contribution is -0.111. The third-order valence-corrected chi connectivity index (χ3v) is 7.99. The van der Waals surface area contributed by atoms with Gasteiger partial charge in [0.05, 0.1) is 10.1 Å². The third kappa shape index (κ3) is 4.34. The van der Waals surface area contributed by atoms with Crippen LogP contribution >= 0.6 is 11.3 Å². The number of hydrogen-bond acceptors (Lipinski definition) is 6. The number of aromatic nitrogens is 1. The number of thiazole rings is 1. The Kier molecular flexibility index (Phi) is 5.61. The molecule has 0 atom stereocenters. The van der Waals surface area contributed by atoms with Crippen LogP contribution in [0.25, 0.3) is 5.57 Å².